The quantitative estimate of drug-likeness (QED) is 0.778. The van der Waals surface area contributed by atoms with Gasteiger partial charge in [-0.2, -0.15) is 4.98 Å². The van der Waals surface area contributed by atoms with Crippen LogP contribution in [0.15, 0.2) is 47.0 Å². The minimum atomic E-state index is 0.280. The van der Waals surface area contributed by atoms with E-state index >= 15 is 0 Å². The number of fused-ring (bicyclic) bond motifs is 1. The lowest BCUT2D eigenvalue weighted by atomic mass is 9.93. The van der Waals surface area contributed by atoms with Crippen LogP contribution in [0.3, 0.4) is 0 Å². The maximum absolute atomic E-state index is 5.82. The van der Waals surface area contributed by atoms with Gasteiger partial charge in [-0.3, -0.25) is 0 Å². The van der Waals surface area contributed by atoms with E-state index < -0.39 is 0 Å². The molecule has 0 saturated carbocycles. The Bertz CT molecular complexity index is 824. The third-order valence-corrected chi connectivity index (χ3v) is 4.77. The van der Waals surface area contributed by atoms with Crippen LogP contribution in [0.4, 0.5) is 0 Å². The standard InChI is InChI=1S/C19H21N3O2/c1-13(16-8-9-20-11-16)19-21-18(22-24-19)12-23-17-7-6-14-4-2-3-5-15(14)10-17/h2-7,10,13,16,20H,8-9,11-12H2,1H3. The van der Waals surface area contributed by atoms with Gasteiger partial charge in [0.05, 0.1) is 0 Å². The number of nitrogens with zero attached hydrogens (tertiary/aromatic N) is 2. The lowest BCUT2D eigenvalue weighted by Gasteiger charge is -2.12. The van der Waals surface area contributed by atoms with Crippen molar-refractivity contribution in [3.8, 4) is 5.75 Å². The fourth-order valence-electron chi connectivity index (χ4n) is 3.22. The van der Waals surface area contributed by atoms with Gasteiger partial charge in [0.25, 0.3) is 0 Å². The molecular weight excluding hydrogens is 302 g/mol. The van der Waals surface area contributed by atoms with Crippen LogP contribution in [0.2, 0.25) is 0 Å². The normalized spacial score (nSPS) is 18.8. The number of ether oxygens (including phenoxy) is 1. The van der Waals surface area contributed by atoms with Crippen LogP contribution in [0.5, 0.6) is 5.75 Å². The monoisotopic (exact) mass is 323 g/mol. The molecule has 2 atom stereocenters. The minimum absolute atomic E-state index is 0.280. The minimum Gasteiger partial charge on any atom is -0.485 e. The third kappa shape index (κ3) is 3.12. The Balaban J connectivity index is 1.41. The molecule has 24 heavy (non-hydrogen) atoms. The van der Waals surface area contributed by atoms with E-state index in [1.165, 1.54) is 5.39 Å². The number of nitrogens with one attached hydrogen (secondary N) is 1. The van der Waals surface area contributed by atoms with Gasteiger partial charge in [-0.25, -0.2) is 0 Å². The highest BCUT2D eigenvalue weighted by molar-refractivity contribution is 5.83. The highest BCUT2D eigenvalue weighted by Gasteiger charge is 2.26. The van der Waals surface area contributed by atoms with Crippen molar-refractivity contribution in [1.29, 1.82) is 0 Å². The van der Waals surface area contributed by atoms with Gasteiger partial charge in [0, 0.05) is 5.92 Å². The predicted molar refractivity (Wildman–Crippen MR) is 92.0 cm³/mol. The van der Waals surface area contributed by atoms with E-state index in [4.69, 9.17) is 9.26 Å². The van der Waals surface area contributed by atoms with Gasteiger partial charge in [-0.15, -0.1) is 0 Å². The zero-order chi connectivity index (χ0) is 16.4. The molecule has 1 saturated heterocycles. The van der Waals surface area contributed by atoms with Crippen molar-refractivity contribution in [2.75, 3.05) is 13.1 Å². The second-order valence-electron chi connectivity index (χ2n) is 6.39. The number of benzene rings is 2. The number of hydrogen-bond donors (Lipinski definition) is 1. The zero-order valence-electron chi connectivity index (χ0n) is 13.7. The van der Waals surface area contributed by atoms with Crippen molar-refractivity contribution in [2.24, 2.45) is 5.92 Å². The molecule has 0 bridgehead atoms. The first kappa shape index (κ1) is 15.1. The van der Waals surface area contributed by atoms with E-state index in [-0.39, 0.29) is 5.92 Å². The Morgan fingerprint density at radius 1 is 1.25 bits per heavy atom. The van der Waals surface area contributed by atoms with Gasteiger partial charge in [-0.05, 0) is 48.3 Å². The molecule has 0 aliphatic carbocycles. The fraction of sp³-hybridized carbons (Fsp3) is 0.368. The molecule has 5 heteroatoms. The molecule has 124 valence electrons. The van der Waals surface area contributed by atoms with E-state index in [9.17, 15) is 0 Å². The number of aromatic nitrogens is 2. The molecule has 0 spiro atoms. The smallest absolute Gasteiger partial charge is 0.229 e. The van der Waals surface area contributed by atoms with Gasteiger partial charge in [0.2, 0.25) is 11.7 Å². The van der Waals surface area contributed by atoms with Crippen molar-refractivity contribution in [3.05, 3.63) is 54.2 Å². The van der Waals surface area contributed by atoms with Crippen LogP contribution in [0.1, 0.15) is 31.0 Å². The van der Waals surface area contributed by atoms with E-state index in [2.05, 4.69) is 40.6 Å². The first-order chi connectivity index (χ1) is 11.8. The van der Waals surface area contributed by atoms with Crippen molar-refractivity contribution >= 4 is 10.8 Å². The lowest BCUT2D eigenvalue weighted by Crippen LogP contribution is -2.14. The van der Waals surface area contributed by atoms with Crippen LogP contribution in [-0.4, -0.2) is 23.2 Å². The highest BCUT2D eigenvalue weighted by atomic mass is 16.5. The molecule has 4 rings (SSSR count). The molecule has 2 unspecified atom stereocenters. The van der Waals surface area contributed by atoms with Gasteiger partial charge in [-0.1, -0.05) is 42.4 Å². The Labute approximate surface area is 141 Å². The van der Waals surface area contributed by atoms with Crippen molar-refractivity contribution < 1.29 is 9.26 Å². The lowest BCUT2D eigenvalue weighted by molar-refractivity contribution is 0.281. The Hall–Kier alpha value is -2.40. The Morgan fingerprint density at radius 3 is 2.96 bits per heavy atom. The molecule has 1 aliphatic heterocycles. The van der Waals surface area contributed by atoms with Crippen molar-refractivity contribution in [3.63, 3.8) is 0 Å². The number of rotatable bonds is 5. The first-order valence-electron chi connectivity index (χ1n) is 8.44. The molecule has 2 heterocycles. The van der Waals surface area contributed by atoms with Crippen LogP contribution in [0.25, 0.3) is 10.8 Å². The molecule has 5 nitrogen and oxygen atoms in total. The first-order valence-corrected chi connectivity index (χ1v) is 8.44. The summed E-state index contributed by atoms with van der Waals surface area (Å²) in [5.74, 6) is 2.96. The summed E-state index contributed by atoms with van der Waals surface area (Å²) in [4.78, 5) is 4.50. The third-order valence-electron chi connectivity index (χ3n) is 4.77. The van der Waals surface area contributed by atoms with Crippen LogP contribution < -0.4 is 10.1 Å². The summed E-state index contributed by atoms with van der Waals surface area (Å²) in [7, 11) is 0. The topological polar surface area (TPSA) is 60.2 Å². The molecule has 0 radical (unpaired) electrons. The molecule has 1 aliphatic rings. The molecule has 2 aromatic carbocycles. The predicted octanol–water partition coefficient (Wildman–Crippen LogP) is 3.51. The highest BCUT2D eigenvalue weighted by Crippen LogP contribution is 2.27. The second-order valence-corrected chi connectivity index (χ2v) is 6.39. The van der Waals surface area contributed by atoms with Gasteiger partial charge < -0.3 is 14.6 Å². The SMILES string of the molecule is CC(c1nc(COc2ccc3ccccc3c2)no1)C1CCNC1. The summed E-state index contributed by atoms with van der Waals surface area (Å²) in [6, 6.07) is 14.3. The summed E-state index contributed by atoms with van der Waals surface area (Å²) < 4.78 is 11.2. The van der Waals surface area contributed by atoms with E-state index in [1.807, 2.05) is 24.3 Å². The summed E-state index contributed by atoms with van der Waals surface area (Å²) in [6.45, 7) is 4.56. The fourth-order valence-corrected chi connectivity index (χ4v) is 3.22. The van der Waals surface area contributed by atoms with E-state index in [0.717, 1.165) is 30.6 Å². The molecule has 1 N–H and O–H groups in total. The maximum Gasteiger partial charge on any atom is 0.229 e. The Morgan fingerprint density at radius 2 is 2.12 bits per heavy atom. The molecule has 1 aromatic heterocycles. The van der Waals surface area contributed by atoms with Crippen LogP contribution in [0, 0.1) is 5.92 Å². The van der Waals surface area contributed by atoms with Gasteiger partial charge in [0.1, 0.15) is 5.75 Å². The molecule has 3 aromatic rings. The largest absolute Gasteiger partial charge is 0.485 e. The molecule has 1 fully saturated rings. The van der Waals surface area contributed by atoms with Gasteiger partial charge >= 0.3 is 0 Å². The summed E-state index contributed by atoms with van der Waals surface area (Å²) in [5.41, 5.74) is 0. The van der Waals surface area contributed by atoms with Crippen molar-refractivity contribution in [1.82, 2.24) is 15.5 Å². The molecular formula is C19H21N3O2. The van der Waals surface area contributed by atoms with E-state index in [0.29, 0.717) is 24.2 Å². The number of hydrogen-bond acceptors (Lipinski definition) is 5. The van der Waals surface area contributed by atoms with Crippen molar-refractivity contribution in [2.45, 2.75) is 25.9 Å². The summed E-state index contributed by atoms with van der Waals surface area (Å²) in [5, 5.41) is 9.79. The maximum atomic E-state index is 5.82. The molecule has 0 amide bonds. The van der Waals surface area contributed by atoms with Crippen LogP contribution >= 0.6 is 0 Å². The Kier molecular flexibility index (Phi) is 4.17. The second kappa shape index (κ2) is 6.61. The zero-order valence-corrected chi connectivity index (χ0v) is 13.7. The van der Waals surface area contributed by atoms with Gasteiger partial charge in [0.15, 0.2) is 6.61 Å². The summed E-state index contributed by atoms with van der Waals surface area (Å²) in [6.07, 6.45) is 1.16. The average molecular weight is 323 g/mol. The summed E-state index contributed by atoms with van der Waals surface area (Å²) >= 11 is 0. The average Bonchev–Trinajstić information content (AvgIpc) is 3.31. The van der Waals surface area contributed by atoms with E-state index in [1.54, 1.807) is 0 Å². The van der Waals surface area contributed by atoms with Crippen LogP contribution in [-0.2, 0) is 6.61 Å².